The number of ether oxygens (including phenoxy) is 3. The Labute approximate surface area is 559 Å². The van der Waals surface area contributed by atoms with Crippen molar-refractivity contribution in [3.05, 3.63) is 149 Å². The lowest BCUT2D eigenvalue weighted by Gasteiger charge is -2.36. The summed E-state index contributed by atoms with van der Waals surface area (Å²) in [6.07, 6.45) is 9.83. The SMILES string of the molecule is COc1ccc(C[C@H](NC=O)C(=O)N2CCC[C@@]2(C)C(=O)NCCc2ccc(CN3CCCCCCn4cc(c5cc(F)ccc54)C[C@@H]4NC(=O)[C@H](Cc5cccc(c5)C/C=C/CO[C@H]5CCN(C4=O)C5C(=O)NC[C@@H](C)O)NC(=O)CNC(=O)CCOCCC3=O)cc2)cc1. The van der Waals surface area contributed by atoms with Crippen molar-refractivity contribution in [3.63, 3.8) is 0 Å². The molecule has 1 aromatic heterocycles. The highest BCUT2D eigenvalue weighted by Crippen LogP contribution is 2.32. The summed E-state index contributed by atoms with van der Waals surface area (Å²) >= 11 is 0. The molecule has 9 rings (SSSR count). The first kappa shape index (κ1) is 71.3. The Hall–Kier alpha value is -9.00. The first-order valence-electron chi connectivity index (χ1n) is 33.5. The third kappa shape index (κ3) is 19.4. The van der Waals surface area contributed by atoms with Crippen molar-refractivity contribution in [2.45, 2.75) is 159 Å². The molecule has 23 nitrogen and oxygen atoms in total. The number of carbonyl (C=O) groups excluding carboxylic acids is 9. The highest BCUT2D eigenvalue weighted by molar-refractivity contribution is 5.97. The molecule has 4 aromatic carbocycles. The van der Waals surface area contributed by atoms with Crippen molar-refractivity contribution in [1.82, 2.24) is 51.2 Å². The number of aromatic nitrogens is 1. The average molecular weight is 1320 g/mol. The van der Waals surface area contributed by atoms with Crippen LogP contribution in [0.15, 0.2) is 109 Å². The number of aliphatic hydroxyl groups excluding tert-OH is 1. The number of hydrogen-bond donors (Lipinski definition) is 7. The average Bonchev–Trinajstić information content (AvgIpc) is 1.62. The lowest BCUT2D eigenvalue weighted by atomic mass is 9.95. The fourth-order valence-electron chi connectivity index (χ4n) is 13.1. The first-order chi connectivity index (χ1) is 46.4. The smallest absolute Gasteiger partial charge is 0.246 e. The molecule has 9 amide bonds. The molecule has 8 bridgehead atoms. The summed E-state index contributed by atoms with van der Waals surface area (Å²) in [4.78, 5) is 130. The molecule has 5 heterocycles. The third-order valence-electron chi connectivity index (χ3n) is 18.4. The number of aryl methyl sites for hydroxylation is 1. The van der Waals surface area contributed by atoms with Crippen LogP contribution in [0.2, 0.25) is 0 Å². The third-order valence-corrected chi connectivity index (χ3v) is 18.4. The van der Waals surface area contributed by atoms with Gasteiger partial charge in [0.05, 0.1) is 52.1 Å². The number of hydrogen-bond acceptors (Lipinski definition) is 13. The van der Waals surface area contributed by atoms with Crippen LogP contribution in [0.3, 0.4) is 0 Å². The van der Waals surface area contributed by atoms with E-state index in [-0.39, 0.29) is 89.2 Å². The van der Waals surface area contributed by atoms with Crippen LogP contribution in [-0.2, 0) is 97.8 Å². The number of allylic oxidation sites excluding steroid dienone is 1. The number of likely N-dealkylation sites (tertiary alicyclic amines) is 1. The number of fused-ring (bicyclic) bond motifs is 12. The highest BCUT2D eigenvalue weighted by atomic mass is 19.1. The van der Waals surface area contributed by atoms with E-state index in [9.17, 15) is 43.5 Å². The topological polar surface area (TPSA) is 288 Å². The number of amides is 9. The molecule has 2 saturated heterocycles. The van der Waals surface area contributed by atoms with Gasteiger partial charge in [0.1, 0.15) is 41.3 Å². The second-order valence-electron chi connectivity index (χ2n) is 25.5. The number of benzene rings is 4. The quantitative estimate of drug-likeness (QED) is 0.0576. The van der Waals surface area contributed by atoms with Crippen molar-refractivity contribution in [2.24, 2.45) is 0 Å². The Morgan fingerprint density at radius 3 is 2.33 bits per heavy atom. The van der Waals surface area contributed by atoms with Crippen molar-refractivity contribution >= 4 is 64.6 Å². The number of methoxy groups -OCH3 is 1. The Morgan fingerprint density at radius 2 is 1.56 bits per heavy atom. The van der Waals surface area contributed by atoms with Crippen molar-refractivity contribution in [3.8, 4) is 5.75 Å². The maximum Gasteiger partial charge on any atom is 0.246 e. The fraction of sp³-hybridized carbons (Fsp3) is 0.486. The maximum atomic E-state index is 15.4. The molecule has 0 aliphatic carbocycles. The molecule has 0 saturated carbocycles. The Bertz CT molecular complexity index is 3560. The molecule has 96 heavy (non-hydrogen) atoms. The Kier molecular flexibility index (Phi) is 25.7. The number of carbonyl (C=O) groups is 9. The predicted molar refractivity (Wildman–Crippen MR) is 356 cm³/mol. The van der Waals surface area contributed by atoms with E-state index in [4.69, 9.17) is 14.2 Å². The molecule has 24 heteroatoms. The lowest BCUT2D eigenvalue weighted by Crippen LogP contribution is -2.59. The van der Waals surface area contributed by atoms with Crippen LogP contribution in [0.4, 0.5) is 4.39 Å². The molecule has 1 unspecified atom stereocenters. The zero-order chi connectivity index (χ0) is 68.1. The van der Waals surface area contributed by atoms with Crippen LogP contribution in [0.5, 0.6) is 5.75 Å². The van der Waals surface area contributed by atoms with Gasteiger partial charge in [-0.3, -0.25) is 43.2 Å². The monoisotopic (exact) mass is 1320 g/mol. The van der Waals surface area contributed by atoms with Gasteiger partial charge in [-0.15, -0.1) is 0 Å². The molecular formula is C72H91FN10O13. The number of rotatable bonds is 15. The zero-order valence-corrected chi connectivity index (χ0v) is 55.1. The summed E-state index contributed by atoms with van der Waals surface area (Å²) in [5, 5.41) is 27.5. The minimum atomic E-state index is -1.35. The molecule has 2 fully saturated rings. The van der Waals surface area contributed by atoms with Crippen LogP contribution in [0, 0.1) is 5.82 Å². The van der Waals surface area contributed by atoms with Crippen molar-refractivity contribution in [2.75, 3.05) is 66.2 Å². The van der Waals surface area contributed by atoms with Gasteiger partial charge in [-0.1, -0.05) is 85.7 Å². The highest BCUT2D eigenvalue weighted by Gasteiger charge is 2.48. The summed E-state index contributed by atoms with van der Waals surface area (Å²) in [6, 6.07) is 22.4. The molecule has 0 spiro atoms. The molecule has 7 atom stereocenters. The van der Waals surface area contributed by atoms with Crippen LogP contribution in [0.1, 0.15) is 105 Å². The molecule has 4 aliphatic rings. The van der Waals surface area contributed by atoms with Gasteiger partial charge in [0, 0.05) is 88.6 Å². The summed E-state index contributed by atoms with van der Waals surface area (Å²) in [7, 11) is 1.57. The fourth-order valence-corrected chi connectivity index (χ4v) is 13.1. The summed E-state index contributed by atoms with van der Waals surface area (Å²) in [5.41, 5.74) is 4.42. The van der Waals surface area contributed by atoms with Gasteiger partial charge >= 0.3 is 0 Å². The summed E-state index contributed by atoms with van der Waals surface area (Å²) in [5.74, 6) is -3.66. The molecule has 4 aliphatic heterocycles. The lowest BCUT2D eigenvalue weighted by molar-refractivity contribution is -0.145. The first-order valence-corrected chi connectivity index (χ1v) is 33.5. The number of nitrogens with zero attached hydrogens (tertiary/aromatic N) is 4. The van der Waals surface area contributed by atoms with Gasteiger partial charge in [-0.2, -0.15) is 0 Å². The van der Waals surface area contributed by atoms with E-state index in [1.165, 1.54) is 24.0 Å². The van der Waals surface area contributed by atoms with Crippen LogP contribution in [0.25, 0.3) is 10.9 Å². The van der Waals surface area contributed by atoms with Gasteiger partial charge in [0.15, 0.2) is 0 Å². The molecular weight excluding hydrogens is 1230 g/mol. The van der Waals surface area contributed by atoms with Crippen molar-refractivity contribution < 1.29 is 66.9 Å². The Morgan fingerprint density at radius 1 is 0.812 bits per heavy atom. The maximum absolute atomic E-state index is 15.4. The number of aliphatic hydroxyl groups is 1. The van der Waals surface area contributed by atoms with Gasteiger partial charge < -0.3 is 70.5 Å². The minimum absolute atomic E-state index is 0.00163. The van der Waals surface area contributed by atoms with Gasteiger partial charge in [-0.25, -0.2) is 4.39 Å². The van der Waals surface area contributed by atoms with Gasteiger partial charge in [0.2, 0.25) is 53.7 Å². The largest absolute Gasteiger partial charge is 0.497 e. The second-order valence-corrected chi connectivity index (χ2v) is 25.5. The van der Waals surface area contributed by atoms with E-state index in [0.29, 0.717) is 105 Å². The van der Waals surface area contributed by atoms with Gasteiger partial charge in [-0.05, 0) is 123 Å². The van der Waals surface area contributed by atoms with E-state index < -0.39 is 83.8 Å². The van der Waals surface area contributed by atoms with Crippen molar-refractivity contribution in [1.29, 1.82) is 0 Å². The van der Waals surface area contributed by atoms with E-state index in [1.54, 1.807) is 42.0 Å². The van der Waals surface area contributed by atoms with E-state index in [1.807, 2.05) is 83.6 Å². The molecule has 514 valence electrons. The Balaban J connectivity index is 0.885. The standard InChI is InChI=1S/C72H91FN10O13/c1-48(85)43-76-68(90)66-62-26-34-82(66)69(91)60-41-54-46-80(61-24-21-55(73)42-57(54)61)31-7-4-5-8-32-81(65(88)28-37-95-36-27-63(86)75-44-64(87)78-58(67(89)79-60)40-53-14-10-13-50(38-53)12-6-9-35-96-62)45-52-17-15-49(16-18-52)25-30-74-71(93)72(2)29-11-33-83(72)70(92)59(77-47-84)39-51-19-22-56(94-3)23-20-51/h6,9-10,13-24,38,42,46-48,58-60,62,66,85H,4-5,7-8,11-12,25-37,39-41,43-45H2,1-3H3,(H,74,93)(H,75,86)(H,76,90)(H,77,84)(H,78,87)(H,79,89)/b9-6+/t48-,58+,59+,60+,62+,66?,72+/m1/s1. The van der Waals surface area contributed by atoms with E-state index in [0.717, 1.165) is 35.1 Å². The summed E-state index contributed by atoms with van der Waals surface area (Å²) < 4.78 is 34.7. The normalized spacial score (nSPS) is 22.6. The van der Waals surface area contributed by atoms with Gasteiger partial charge in [0.25, 0.3) is 0 Å². The van der Waals surface area contributed by atoms with Crippen LogP contribution >= 0.6 is 0 Å². The summed E-state index contributed by atoms with van der Waals surface area (Å²) in [6.45, 7) is 4.89. The molecule has 0 radical (unpaired) electrons. The van der Waals surface area contributed by atoms with Crippen LogP contribution < -0.4 is 36.6 Å². The minimum Gasteiger partial charge on any atom is -0.497 e. The van der Waals surface area contributed by atoms with E-state index >= 15 is 9.18 Å². The predicted octanol–water partition coefficient (Wildman–Crippen LogP) is 4.05. The van der Waals surface area contributed by atoms with E-state index in [2.05, 4.69) is 31.9 Å². The second kappa shape index (κ2) is 34.6. The number of halogens is 1. The number of nitrogens with one attached hydrogen (secondary N) is 6. The molecule has 7 N–H and O–H groups in total. The van der Waals surface area contributed by atoms with Crippen LogP contribution in [-0.4, -0.2) is 186 Å². The molecule has 5 aromatic rings. The zero-order valence-electron chi connectivity index (χ0n) is 55.1.